The van der Waals surface area contributed by atoms with Gasteiger partial charge in [-0.15, -0.1) is 5.10 Å². The Morgan fingerprint density at radius 3 is 2.92 bits per heavy atom. The summed E-state index contributed by atoms with van der Waals surface area (Å²) in [6, 6.07) is 4.16. The van der Waals surface area contributed by atoms with Crippen LogP contribution in [0.3, 0.4) is 0 Å². The molecule has 2 aromatic rings. The van der Waals surface area contributed by atoms with Crippen molar-refractivity contribution in [1.82, 2.24) is 20.2 Å². The zero-order chi connectivity index (χ0) is 17.1. The number of tetrazole rings is 1. The number of amides is 1. The molecule has 0 bridgehead atoms. The van der Waals surface area contributed by atoms with Crippen molar-refractivity contribution in [3.63, 3.8) is 0 Å². The van der Waals surface area contributed by atoms with Crippen LogP contribution in [-0.4, -0.2) is 31.4 Å². The summed E-state index contributed by atoms with van der Waals surface area (Å²) >= 11 is 7.23. The molecule has 6 nitrogen and oxygen atoms in total. The predicted molar refractivity (Wildman–Crippen MR) is 90.7 cm³/mol. The van der Waals surface area contributed by atoms with E-state index in [2.05, 4.69) is 20.8 Å². The Morgan fingerprint density at radius 1 is 1.46 bits per heavy atom. The lowest BCUT2D eigenvalue weighted by Gasteiger charge is -2.14. The summed E-state index contributed by atoms with van der Waals surface area (Å²) in [6.07, 6.45) is 4.47. The molecule has 0 saturated heterocycles. The largest absolute Gasteiger partial charge is 0.324 e. The summed E-state index contributed by atoms with van der Waals surface area (Å²) in [6.45, 7) is 1.77. The molecule has 9 heteroatoms. The molecule has 1 saturated carbocycles. The highest BCUT2D eigenvalue weighted by atomic mass is 35.5. The van der Waals surface area contributed by atoms with Gasteiger partial charge in [-0.3, -0.25) is 4.79 Å². The Balaban J connectivity index is 1.65. The number of nitrogens with one attached hydrogen (secondary N) is 1. The average molecular weight is 370 g/mol. The Bertz CT molecular complexity index is 734. The van der Waals surface area contributed by atoms with Crippen molar-refractivity contribution in [1.29, 1.82) is 0 Å². The molecule has 0 aliphatic heterocycles. The fourth-order valence-corrected chi connectivity index (χ4v) is 3.75. The lowest BCUT2D eigenvalue weighted by Crippen LogP contribution is -2.23. The van der Waals surface area contributed by atoms with Gasteiger partial charge < -0.3 is 5.32 Å². The summed E-state index contributed by atoms with van der Waals surface area (Å²) in [5.74, 6) is -0.689. The van der Waals surface area contributed by atoms with Gasteiger partial charge in [-0.1, -0.05) is 36.2 Å². The second-order valence-corrected chi connectivity index (χ2v) is 7.43. The van der Waals surface area contributed by atoms with Gasteiger partial charge >= 0.3 is 0 Å². The number of thioether (sulfide) groups is 1. The van der Waals surface area contributed by atoms with E-state index < -0.39 is 11.1 Å². The second kappa shape index (κ2) is 7.48. The number of benzene rings is 1. The Morgan fingerprint density at radius 2 is 2.21 bits per heavy atom. The zero-order valence-corrected chi connectivity index (χ0v) is 14.6. The number of hydrogen-bond donors (Lipinski definition) is 1. The molecule has 1 aliphatic carbocycles. The molecule has 1 fully saturated rings. The first-order valence-corrected chi connectivity index (χ1v) is 9.01. The summed E-state index contributed by atoms with van der Waals surface area (Å²) in [4.78, 5) is 12.3. The number of carbonyl (C=O) groups is 1. The molecule has 1 aromatic carbocycles. The van der Waals surface area contributed by atoms with Crippen LogP contribution >= 0.6 is 23.4 Å². The highest BCUT2D eigenvalue weighted by Gasteiger charge is 2.25. The van der Waals surface area contributed by atoms with Gasteiger partial charge in [0.2, 0.25) is 11.1 Å². The first kappa shape index (κ1) is 17.2. The predicted octanol–water partition coefficient (Wildman–Crippen LogP) is 3.70. The van der Waals surface area contributed by atoms with Crippen LogP contribution in [0.4, 0.5) is 10.1 Å². The molecule has 1 atom stereocenters. The van der Waals surface area contributed by atoms with E-state index in [1.54, 1.807) is 6.92 Å². The van der Waals surface area contributed by atoms with Crippen molar-refractivity contribution in [2.75, 3.05) is 5.32 Å². The van der Waals surface area contributed by atoms with Gasteiger partial charge in [-0.25, -0.2) is 9.07 Å². The number of rotatable bonds is 5. The molecule has 1 unspecified atom stereocenters. The monoisotopic (exact) mass is 369 g/mol. The van der Waals surface area contributed by atoms with E-state index in [1.165, 1.54) is 36.7 Å². The van der Waals surface area contributed by atoms with Crippen LogP contribution in [0.1, 0.15) is 38.6 Å². The first-order chi connectivity index (χ1) is 11.5. The van der Waals surface area contributed by atoms with E-state index in [-0.39, 0.29) is 10.9 Å². The van der Waals surface area contributed by atoms with Gasteiger partial charge in [0, 0.05) is 0 Å². The zero-order valence-electron chi connectivity index (χ0n) is 13.1. The molecule has 1 N–H and O–H groups in total. The second-order valence-electron chi connectivity index (χ2n) is 5.72. The third kappa shape index (κ3) is 3.87. The topological polar surface area (TPSA) is 72.7 Å². The van der Waals surface area contributed by atoms with Crippen LogP contribution in [0.2, 0.25) is 5.02 Å². The lowest BCUT2D eigenvalue weighted by atomic mass is 10.3. The maximum absolute atomic E-state index is 13.1. The fourth-order valence-electron chi connectivity index (χ4n) is 2.68. The molecule has 0 radical (unpaired) electrons. The molecule has 24 heavy (non-hydrogen) atoms. The van der Waals surface area contributed by atoms with Crippen molar-refractivity contribution in [3.05, 3.63) is 29.0 Å². The average Bonchev–Trinajstić information content (AvgIpc) is 3.20. The molecule has 3 rings (SSSR count). The maximum Gasteiger partial charge on any atom is 0.237 e. The number of aromatic nitrogens is 4. The van der Waals surface area contributed by atoms with Gasteiger partial charge in [0.15, 0.2) is 0 Å². The molecular weight excluding hydrogens is 353 g/mol. The Kier molecular flexibility index (Phi) is 5.35. The number of anilines is 1. The minimum absolute atomic E-state index is 0.163. The van der Waals surface area contributed by atoms with E-state index >= 15 is 0 Å². The molecule has 1 amide bonds. The molecular formula is C15H17ClFN5OS. The molecule has 1 aliphatic rings. The van der Waals surface area contributed by atoms with E-state index in [4.69, 9.17) is 11.6 Å². The van der Waals surface area contributed by atoms with Gasteiger partial charge in [0.25, 0.3) is 0 Å². The van der Waals surface area contributed by atoms with Crippen LogP contribution < -0.4 is 5.32 Å². The van der Waals surface area contributed by atoms with Crippen LogP contribution in [0.25, 0.3) is 0 Å². The molecule has 128 valence electrons. The third-order valence-electron chi connectivity index (χ3n) is 3.97. The summed E-state index contributed by atoms with van der Waals surface area (Å²) in [5, 5.41) is 14.9. The Hall–Kier alpha value is -1.67. The number of carbonyl (C=O) groups excluding carboxylic acids is 1. The van der Waals surface area contributed by atoms with Crippen molar-refractivity contribution in [2.45, 2.75) is 49.1 Å². The quantitative estimate of drug-likeness (QED) is 0.813. The first-order valence-electron chi connectivity index (χ1n) is 7.75. The van der Waals surface area contributed by atoms with Crippen molar-refractivity contribution >= 4 is 35.0 Å². The fraction of sp³-hybridized carbons (Fsp3) is 0.467. The van der Waals surface area contributed by atoms with Crippen LogP contribution in [0.5, 0.6) is 0 Å². The van der Waals surface area contributed by atoms with Gasteiger partial charge in [-0.05, 0) is 48.4 Å². The highest BCUT2D eigenvalue weighted by Crippen LogP contribution is 2.33. The van der Waals surface area contributed by atoms with E-state index in [0.29, 0.717) is 16.9 Å². The minimum atomic E-state index is -0.448. The third-order valence-corrected chi connectivity index (χ3v) is 5.33. The molecule has 1 aromatic heterocycles. The summed E-state index contributed by atoms with van der Waals surface area (Å²) in [5.41, 5.74) is 0.380. The van der Waals surface area contributed by atoms with Crippen molar-refractivity contribution in [2.24, 2.45) is 0 Å². The number of hydrogen-bond acceptors (Lipinski definition) is 5. The van der Waals surface area contributed by atoms with E-state index in [1.807, 2.05) is 4.68 Å². The van der Waals surface area contributed by atoms with Crippen molar-refractivity contribution < 1.29 is 9.18 Å². The van der Waals surface area contributed by atoms with Crippen LogP contribution in [0.15, 0.2) is 23.4 Å². The maximum atomic E-state index is 13.1. The number of halogens is 2. The summed E-state index contributed by atoms with van der Waals surface area (Å²) in [7, 11) is 0. The Labute approximate surface area is 148 Å². The van der Waals surface area contributed by atoms with Gasteiger partial charge in [0.1, 0.15) is 5.82 Å². The highest BCUT2D eigenvalue weighted by molar-refractivity contribution is 8.00. The molecule has 1 heterocycles. The lowest BCUT2D eigenvalue weighted by molar-refractivity contribution is -0.115. The minimum Gasteiger partial charge on any atom is -0.324 e. The van der Waals surface area contributed by atoms with Crippen LogP contribution in [-0.2, 0) is 4.79 Å². The number of nitrogens with zero attached hydrogens (tertiary/aromatic N) is 4. The van der Waals surface area contributed by atoms with E-state index in [9.17, 15) is 9.18 Å². The molecule has 0 spiro atoms. The van der Waals surface area contributed by atoms with Gasteiger partial charge in [0.05, 0.1) is 22.0 Å². The van der Waals surface area contributed by atoms with Gasteiger partial charge in [-0.2, -0.15) is 0 Å². The van der Waals surface area contributed by atoms with Crippen molar-refractivity contribution in [3.8, 4) is 0 Å². The van der Waals surface area contributed by atoms with E-state index in [0.717, 1.165) is 18.9 Å². The SMILES string of the molecule is CC(Sc1nnnn1C1CCCC1)C(=O)Nc1ccc(F)cc1Cl. The van der Waals surface area contributed by atoms with Crippen LogP contribution in [0, 0.1) is 5.82 Å². The smallest absolute Gasteiger partial charge is 0.237 e. The summed E-state index contributed by atoms with van der Waals surface area (Å²) < 4.78 is 14.9. The normalized spacial score (nSPS) is 16.3. The standard InChI is InChI=1S/C15H17ClFN5OS/c1-9(14(23)18-13-7-6-10(17)8-12(13)16)24-15-19-20-21-22(15)11-4-2-3-5-11/h6-9,11H,2-5H2,1H3,(H,18,23).